The van der Waals surface area contributed by atoms with Crippen LogP contribution in [-0.2, 0) is 6.61 Å². The molecule has 126 valence electrons. The van der Waals surface area contributed by atoms with Gasteiger partial charge in [0.15, 0.2) is 0 Å². The normalized spacial score (nSPS) is 11.0. The SMILES string of the molecule is Cc1ccc(COc2ccc(Br)cc2C=Nc2ccccc2C)cc1. The predicted octanol–water partition coefficient (Wildman–Crippen LogP) is 6.40. The molecule has 0 heterocycles. The van der Waals surface area contributed by atoms with Gasteiger partial charge in [0, 0.05) is 16.3 Å². The van der Waals surface area contributed by atoms with Gasteiger partial charge in [-0.2, -0.15) is 0 Å². The molecule has 25 heavy (non-hydrogen) atoms. The summed E-state index contributed by atoms with van der Waals surface area (Å²) in [5, 5.41) is 0. The lowest BCUT2D eigenvalue weighted by Gasteiger charge is -2.10. The highest BCUT2D eigenvalue weighted by molar-refractivity contribution is 9.10. The average Bonchev–Trinajstić information content (AvgIpc) is 2.61. The zero-order valence-corrected chi connectivity index (χ0v) is 16.0. The first-order valence-electron chi connectivity index (χ1n) is 8.19. The Kier molecular flexibility index (Phi) is 5.67. The number of para-hydroxylation sites is 1. The molecule has 0 radical (unpaired) electrons. The summed E-state index contributed by atoms with van der Waals surface area (Å²) in [5.74, 6) is 0.820. The maximum absolute atomic E-state index is 6.02. The summed E-state index contributed by atoms with van der Waals surface area (Å²) in [5.41, 5.74) is 5.46. The highest BCUT2D eigenvalue weighted by atomic mass is 79.9. The Labute approximate surface area is 157 Å². The number of nitrogens with zero attached hydrogens (tertiary/aromatic N) is 1. The zero-order valence-electron chi connectivity index (χ0n) is 14.4. The molecule has 0 aromatic heterocycles. The predicted molar refractivity (Wildman–Crippen MR) is 108 cm³/mol. The topological polar surface area (TPSA) is 21.6 Å². The van der Waals surface area contributed by atoms with Gasteiger partial charge in [-0.1, -0.05) is 64.0 Å². The Balaban J connectivity index is 1.80. The standard InChI is InChI=1S/C22H20BrNO/c1-16-7-9-18(10-8-16)15-25-22-12-11-20(23)13-19(22)14-24-21-6-4-3-5-17(21)2/h3-14H,15H2,1-2H3. The lowest BCUT2D eigenvalue weighted by molar-refractivity contribution is 0.306. The lowest BCUT2D eigenvalue weighted by atomic mass is 10.1. The van der Waals surface area contributed by atoms with E-state index in [9.17, 15) is 0 Å². The molecule has 0 aliphatic carbocycles. The number of hydrogen-bond donors (Lipinski definition) is 0. The Bertz CT molecular complexity index is 885. The van der Waals surface area contributed by atoms with Crippen molar-refractivity contribution >= 4 is 27.8 Å². The van der Waals surface area contributed by atoms with Gasteiger partial charge in [0.25, 0.3) is 0 Å². The second-order valence-electron chi connectivity index (χ2n) is 6.00. The molecular formula is C22H20BrNO. The third kappa shape index (κ3) is 4.80. The van der Waals surface area contributed by atoms with Crippen molar-refractivity contribution in [1.29, 1.82) is 0 Å². The number of benzene rings is 3. The summed E-state index contributed by atoms with van der Waals surface area (Å²) in [4.78, 5) is 4.62. The zero-order chi connectivity index (χ0) is 17.6. The molecule has 0 saturated heterocycles. The van der Waals surface area contributed by atoms with Crippen molar-refractivity contribution < 1.29 is 4.74 Å². The molecule has 0 unspecified atom stereocenters. The summed E-state index contributed by atoms with van der Waals surface area (Å²) >= 11 is 3.52. The monoisotopic (exact) mass is 393 g/mol. The first-order chi connectivity index (χ1) is 12.1. The second-order valence-corrected chi connectivity index (χ2v) is 6.92. The molecule has 0 bridgehead atoms. The minimum Gasteiger partial charge on any atom is -0.488 e. The number of halogens is 1. The van der Waals surface area contributed by atoms with Crippen LogP contribution in [0.4, 0.5) is 5.69 Å². The first kappa shape index (κ1) is 17.4. The Morgan fingerprint density at radius 3 is 2.48 bits per heavy atom. The second kappa shape index (κ2) is 8.13. The van der Waals surface area contributed by atoms with Crippen molar-refractivity contribution in [3.8, 4) is 5.75 Å². The Hall–Kier alpha value is -2.39. The van der Waals surface area contributed by atoms with Gasteiger partial charge in [0.05, 0.1) is 5.69 Å². The third-order valence-electron chi connectivity index (χ3n) is 3.94. The van der Waals surface area contributed by atoms with E-state index in [2.05, 4.69) is 65.1 Å². The minimum atomic E-state index is 0.535. The van der Waals surface area contributed by atoms with Crippen molar-refractivity contribution in [2.24, 2.45) is 4.99 Å². The first-order valence-corrected chi connectivity index (χ1v) is 8.99. The highest BCUT2D eigenvalue weighted by Gasteiger charge is 2.04. The van der Waals surface area contributed by atoms with Crippen LogP contribution >= 0.6 is 15.9 Å². The highest BCUT2D eigenvalue weighted by Crippen LogP contribution is 2.24. The maximum atomic E-state index is 6.02. The van der Waals surface area contributed by atoms with Crippen LogP contribution < -0.4 is 4.74 Å². The summed E-state index contributed by atoms with van der Waals surface area (Å²) in [6.45, 7) is 4.68. The van der Waals surface area contributed by atoms with Gasteiger partial charge < -0.3 is 4.74 Å². The Morgan fingerprint density at radius 1 is 0.960 bits per heavy atom. The van der Waals surface area contributed by atoms with Crippen LogP contribution in [-0.4, -0.2) is 6.21 Å². The van der Waals surface area contributed by atoms with Gasteiger partial charge in [-0.25, -0.2) is 0 Å². The average molecular weight is 394 g/mol. The van der Waals surface area contributed by atoms with E-state index < -0.39 is 0 Å². The molecule has 3 aromatic rings. The smallest absolute Gasteiger partial charge is 0.128 e. The molecule has 3 rings (SSSR count). The number of aryl methyl sites for hydroxylation is 2. The lowest BCUT2D eigenvalue weighted by Crippen LogP contribution is -1.98. The van der Waals surface area contributed by atoms with Crippen molar-refractivity contribution in [2.45, 2.75) is 20.5 Å². The van der Waals surface area contributed by atoms with Crippen LogP contribution in [0.2, 0.25) is 0 Å². The fraction of sp³-hybridized carbons (Fsp3) is 0.136. The summed E-state index contributed by atoms with van der Waals surface area (Å²) < 4.78 is 7.03. The molecule has 0 aliphatic rings. The summed E-state index contributed by atoms with van der Waals surface area (Å²) in [6.07, 6.45) is 1.86. The van der Waals surface area contributed by atoms with Crippen molar-refractivity contribution in [1.82, 2.24) is 0 Å². The molecule has 0 amide bonds. The van der Waals surface area contributed by atoms with Crippen LogP contribution in [0.15, 0.2) is 76.2 Å². The molecule has 0 saturated carbocycles. The number of rotatable bonds is 5. The van der Waals surface area contributed by atoms with Crippen LogP contribution in [0, 0.1) is 13.8 Å². The third-order valence-corrected chi connectivity index (χ3v) is 4.44. The van der Waals surface area contributed by atoms with E-state index in [1.54, 1.807) is 0 Å². The van der Waals surface area contributed by atoms with E-state index in [0.717, 1.165) is 32.6 Å². The molecule has 0 aliphatic heterocycles. The largest absolute Gasteiger partial charge is 0.488 e. The summed E-state index contributed by atoms with van der Waals surface area (Å²) in [6, 6.07) is 22.4. The van der Waals surface area contributed by atoms with E-state index in [0.29, 0.717) is 6.61 Å². The molecule has 0 fully saturated rings. The van der Waals surface area contributed by atoms with E-state index in [1.807, 2.05) is 42.6 Å². The molecule has 0 atom stereocenters. The van der Waals surface area contributed by atoms with E-state index in [-0.39, 0.29) is 0 Å². The van der Waals surface area contributed by atoms with E-state index >= 15 is 0 Å². The van der Waals surface area contributed by atoms with Crippen LogP contribution in [0.25, 0.3) is 0 Å². The van der Waals surface area contributed by atoms with Gasteiger partial charge in [-0.15, -0.1) is 0 Å². The van der Waals surface area contributed by atoms with Crippen molar-refractivity contribution in [3.05, 3.63) is 93.5 Å². The van der Waals surface area contributed by atoms with Crippen molar-refractivity contribution in [3.63, 3.8) is 0 Å². The van der Waals surface area contributed by atoms with Gasteiger partial charge in [0.1, 0.15) is 12.4 Å². The maximum Gasteiger partial charge on any atom is 0.128 e. The minimum absolute atomic E-state index is 0.535. The van der Waals surface area contributed by atoms with E-state index in [4.69, 9.17) is 4.74 Å². The van der Waals surface area contributed by atoms with Gasteiger partial charge in [0.2, 0.25) is 0 Å². The van der Waals surface area contributed by atoms with Crippen LogP contribution in [0.3, 0.4) is 0 Å². The van der Waals surface area contributed by atoms with Gasteiger partial charge >= 0.3 is 0 Å². The fourth-order valence-corrected chi connectivity index (χ4v) is 2.82. The Morgan fingerprint density at radius 2 is 1.72 bits per heavy atom. The number of aliphatic imine (C=N–C) groups is 1. The number of hydrogen-bond acceptors (Lipinski definition) is 2. The van der Waals surface area contributed by atoms with Crippen molar-refractivity contribution in [2.75, 3.05) is 0 Å². The van der Waals surface area contributed by atoms with Gasteiger partial charge in [-0.05, 0) is 49.2 Å². The fourth-order valence-electron chi connectivity index (χ4n) is 2.44. The quantitative estimate of drug-likeness (QED) is 0.459. The number of ether oxygens (including phenoxy) is 1. The molecule has 0 spiro atoms. The molecule has 0 N–H and O–H groups in total. The molecular weight excluding hydrogens is 374 g/mol. The van der Waals surface area contributed by atoms with Crippen LogP contribution in [0.1, 0.15) is 22.3 Å². The summed E-state index contributed by atoms with van der Waals surface area (Å²) in [7, 11) is 0. The van der Waals surface area contributed by atoms with Crippen LogP contribution in [0.5, 0.6) is 5.75 Å². The van der Waals surface area contributed by atoms with Gasteiger partial charge in [-0.3, -0.25) is 4.99 Å². The molecule has 3 heteroatoms. The molecule has 2 nitrogen and oxygen atoms in total. The van der Waals surface area contributed by atoms with E-state index in [1.165, 1.54) is 5.56 Å². The molecule has 3 aromatic carbocycles.